The van der Waals surface area contributed by atoms with Gasteiger partial charge < -0.3 is 36.1 Å². The maximum atomic E-state index is 14.9. The van der Waals surface area contributed by atoms with Crippen LogP contribution in [0.25, 0.3) is 0 Å². The van der Waals surface area contributed by atoms with Crippen LogP contribution in [0.15, 0.2) is 42.5 Å². The average molecular weight is 669 g/mol. The highest BCUT2D eigenvalue weighted by Crippen LogP contribution is 2.36. The second-order valence-corrected chi connectivity index (χ2v) is 13.0. The van der Waals surface area contributed by atoms with Crippen molar-refractivity contribution in [3.05, 3.63) is 65.0 Å². The summed E-state index contributed by atoms with van der Waals surface area (Å²) in [5, 5.41) is 8.04. The van der Waals surface area contributed by atoms with Crippen molar-refractivity contribution in [2.75, 3.05) is 38.7 Å². The van der Waals surface area contributed by atoms with Gasteiger partial charge in [-0.05, 0) is 75.8 Å². The number of anilines is 1. The molecule has 0 aromatic heterocycles. The van der Waals surface area contributed by atoms with Crippen LogP contribution in [-0.4, -0.2) is 90.6 Å². The Labute approximate surface area is 279 Å². The fourth-order valence-corrected chi connectivity index (χ4v) is 5.68. The smallest absolute Gasteiger partial charge is 0.410 e. The van der Waals surface area contributed by atoms with Gasteiger partial charge in [-0.1, -0.05) is 24.3 Å². The van der Waals surface area contributed by atoms with Crippen LogP contribution in [0.2, 0.25) is 0 Å². The molecule has 0 aliphatic carbocycles. The van der Waals surface area contributed by atoms with Crippen LogP contribution in [0, 0.1) is 11.7 Å². The van der Waals surface area contributed by atoms with Crippen molar-refractivity contribution in [2.24, 2.45) is 11.7 Å². The Hall–Kier alpha value is -4.56. The molecule has 0 saturated carbocycles. The zero-order chi connectivity index (χ0) is 35.2. The molecule has 2 aliphatic rings. The molecule has 0 bridgehead atoms. The van der Waals surface area contributed by atoms with Crippen molar-refractivity contribution >= 4 is 35.4 Å². The van der Waals surface area contributed by atoms with Gasteiger partial charge in [-0.3, -0.25) is 24.1 Å². The Morgan fingerprint density at radius 2 is 1.79 bits per heavy atom. The van der Waals surface area contributed by atoms with Crippen molar-refractivity contribution in [1.82, 2.24) is 20.4 Å². The van der Waals surface area contributed by atoms with E-state index in [1.807, 2.05) is 0 Å². The molecular formula is C34H45FN6O7. The molecule has 4 rings (SSSR count). The van der Waals surface area contributed by atoms with Crippen LogP contribution >= 0.6 is 0 Å². The molecule has 0 spiro atoms. The molecule has 2 heterocycles. The number of fused-ring (bicyclic) bond motifs is 1. The third-order valence-electron chi connectivity index (χ3n) is 8.39. The lowest BCUT2D eigenvalue weighted by atomic mass is 9.90. The van der Waals surface area contributed by atoms with Crippen molar-refractivity contribution in [2.45, 2.75) is 70.8 Å². The van der Waals surface area contributed by atoms with Crippen LogP contribution in [0.1, 0.15) is 68.1 Å². The third kappa shape index (κ3) is 8.66. The highest BCUT2D eigenvalue weighted by atomic mass is 19.1. The molecule has 5 N–H and O–H groups in total. The summed E-state index contributed by atoms with van der Waals surface area (Å²) in [4.78, 5) is 69.7. The summed E-state index contributed by atoms with van der Waals surface area (Å²) in [6, 6.07) is 7.44. The number of nitrogens with one attached hydrogen (secondary N) is 3. The largest absolute Gasteiger partial charge is 0.444 e. The summed E-state index contributed by atoms with van der Waals surface area (Å²) in [5.74, 6) is -3.34. The number of hydrogen-bond acceptors (Lipinski definition) is 8. The minimum atomic E-state index is -1.16. The predicted molar refractivity (Wildman–Crippen MR) is 175 cm³/mol. The highest BCUT2D eigenvalue weighted by Gasteiger charge is 2.44. The molecule has 14 heteroatoms. The Morgan fingerprint density at radius 3 is 2.46 bits per heavy atom. The standard InChI is InChI=1S/C34H45FN6O7/c1-20(40(5)33(46)48-34(2,3)4)29(42)39-27(21-12-16-47-17-13-21)32(45)41-19-23-8-6-7-9-24(23)28(41)31(44)38-26-18-22(10-11-25(26)35)30(43)37-15-14-36/h6-11,18,20-21,27-28H,12-17,19,36H2,1-5H3,(H,37,43)(H,38,44)(H,39,42)/t20-,27-,28-/m0/s1. The fraction of sp³-hybridized carbons (Fsp3) is 0.500. The average Bonchev–Trinajstić information content (AvgIpc) is 3.45. The number of hydrogen-bond donors (Lipinski definition) is 4. The molecular weight excluding hydrogens is 623 g/mol. The number of halogens is 1. The molecule has 2 aliphatic heterocycles. The SMILES string of the molecule is C[C@@H](C(=O)N[C@H](C(=O)N1Cc2ccccc2[C@H]1C(=O)Nc1cc(C(=O)NCCN)ccc1F)C1CCOCC1)N(C)C(=O)OC(C)(C)C. The lowest BCUT2D eigenvalue weighted by Crippen LogP contribution is -2.57. The summed E-state index contributed by atoms with van der Waals surface area (Å²) < 4.78 is 25.9. The quantitative estimate of drug-likeness (QED) is 0.299. The molecule has 5 amide bonds. The van der Waals surface area contributed by atoms with Crippen LogP contribution in [-0.2, 0) is 30.4 Å². The van der Waals surface area contributed by atoms with Crippen LogP contribution < -0.4 is 21.7 Å². The first-order valence-electron chi connectivity index (χ1n) is 16.0. The van der Waals surface area contributed by atoms with Crippen LogP contribution in [0.4, 0.5) is 14.9 Å². The van der Waals surface area contributed by atoms with Gasteiger partial charge >= 0.3 is 6.09 Å². The number of nitrogens with two attached hydrogens (primary N) is 1. The van der Waals surface area contributed by atoms with E-state index in [1.54, 1.807) is 45.0 Å². The van der Waals surface area contributed by atoms with Crippen molar-refractivity contribution < 1.29 is 37.8 Å². The molecule has 2 aromatic carbocycles. The molecule has 2 aromatic rings. The maximum Gasteiger partial charge on any atom is 0.410 e. The van der Waals surface area contributed by atoms with E-state index in [-0.39, 0.29) is 36.8 Å². The number of likely N-dealkylation sites (N-methyl/N-ethyl adjacent to an activating group) is 1. The molecule has 1 saturated heterocycles. The summed E-state index contributed by atoms with van der Waals surface area (Å²) in [6.45, 7) is 7.96. The van der Waals surface area contributed by atoms with Gasteiger partial charge in [0, 0.05) is 45.5 Å². The van der Waals surface area contributed by atoms with Gasteiger partial charge in [0.05, 0.1) is 5.69 Å². The Balaban J connectivity index is 1.61. The molecule has 1 fully saturated rings. The topological polar surface area (TPSA) is 172 Å². The second kappa shape index (κ2) is 15.6. The minimum absolute atomic E-state index is 0.0695. The first kappa shape index (κ1) is 36.3. The predicted octanol–water partition coefficient (Wildman–Crippen LogP) is 2.70. The van der Waals surface area contributed by atoms with E-state index >= 15 is 0 Å². The van der Waals surface area contributed by atoms with Gasteiger partial charge in [-0.15, -0.1) is 0 Å². The maximum absolute atomic E-state index is 14.9. The van der Waals surface area contributed by atoms with E-state index in [9.17, 15) is 28.4 Å². The van der Waals surface area contributed by atoms with Gasteiger partial charge in [0.25, 0.3) is 11.8 Å². The lowest BCUT2D eigenvalue weighted by Gasteiger charge is -2.36. The first-order valence-corrected chi connectivity index (χ1v) is 16.0. The van der Waals surface area contributed by atoms with Crippen molar-refractivity contribution in [1.29, 1.82) is 0 Å². The molecule has 3 atom stereocenters. The van der Waals surface area contributed by atoms with Crippen molar-refractivity contribution in [3.8, 4) is 0 Å². The minimum Gasteiger partial charge on any atom is -0.444 e. The number of carbonyl (C=O) groups excluding carboxylic acids is 5. The number of amides is 5. The Kier molecular flexibility index (Phi) is 11.8. The zero-order valence-electron chi connectivity index (χ0n) is 28.0. The molecule has 260 valence electrons. The number of benzene rings is 2. The zero-order valence-corrected chi connectivity index (χ0v) is 28.0. The van der Waals surface area contributed by atoms with E-state index in [2.05, 4.69) is 16.0 Å². The molecule has 13 nitrogen and oxygen atoms in total. The van der Waals surface area contributed by atoms with Gasteiger partial charge in [-0.25, -0.2) is 9.18 Å². The van der Waals surface area contributed by atoms with Gasteiger partial charge in [0.15, 0.2) is 0 Å². The number of ether oxygens (including phenoxy) is 2. The number of carbonyl (C=O) groups is 5. The lowest BCUT2D eigenvalue weighted by molar-refractivity contribution is -0.144. The van der Waals surface area contributed by atoms with E-state index < -0.39 is 59.3 Å². The summed E-state index contributed by atoms with van der Waals surface area (Å²) >= 11 is 0. The molecule has 48 heavy (non-hydrogen) atoms. The first-order chi connectivity index (χ1) is 22.7. The second-order valence-electron chi connectivity index (χ2n) is 13.0. The normalized spacial score (nSPS) is 17.5. The molecule has 0 radical (unpaired) electrons. The van der Waals surface area contributed by atoms with Crippen LogP contribution in [0.3, 0.4) is 0 Å². The van der Waals surface area contributed by atoms with Gasteiger partial charge in [-0.2, -0.15) is 0 Å². The number of rotatable bonds is 10. The van der Waals surface area contributed by atoms with Crippen molar-refractivity contribution in [3.63, 3.8) is 0 Å². The van der Waals surface area contributed by atoms with E-state index in [4.69, 9.17) is 15.2 Å². The fourth-order valence-electron chi connectivity index (χ4n) is 5.68. The van der Waals surface area contributed by atoms with Crippen LogP contribution in [0.5, 0.6) is 0 Å². The monoisotopic (exact) mass is 668 g/mol. The Morgan fingerprint density at radius 1 is 1.10 bits per heavy atom. The third-order valence-corrected chi connectivity index (χ3v) is 8.39. The van der Waals surface area contributed by atoms with E-state index in [0.717, 1.165) is 16.5 Å². The van der Waals surface area contributed by atoms with E-state index in [0.29, 0.717) is 31.6 Å². The Bertz CT molecular complexity index is 1520. The van der Waals surface area contributed by atoms with Gasteiger partial charge in [0.1, 0.15) is 29.5 Å². The van der Waals surface area contributed by atoms with Gasteiger partial charge in [0.2, 0.25) is 11.8 Å². The number of nitrogens with zero attached hydrogens (tertiary/aromatic N) is 2. The highest BCUT2D eigenvalue weighted by molar-refractivity contribution is 6.02. The summed E-state index contributed by atoms with van der Waals surface area (Å²) in [5.41, 5.74) is 5.85. The summed E-state index contributed by atoms with van der Waals surface area (Å²) in [6.07, 6.45) is 0.267. The van der Waals surface area contributed by atoms with E-state index in [1.165, 1.54) is 31.0 Å². The molecule has 0 unspecified atom stereocenters. The summed E-state index contributed by atoms with van der Waals surface area (Å²) in [7, 11) is 1.44.